The molecular weight excluding hydrogens is 473 g/mol. The van der Waals surface area contributed by atoms with Crippen LogP contribution in [0.15, 0.2) is 36.4 Å². The SMILES string of the molecule is CCN(C(=O)OC(C)(C)C)c1cc(F)cc2c1NC(=O)C2(C)N1CCCCC1.N#Cc1ccc(N)cc1. The summed E-state index contributed by atoms with van der Waals surface area (Å²) in [6.45, 7) is 10.9. The predicted molar refractivity (Wildman–Crippen MR) is 143 cm³/mol. The van der Waals surface area contributed by atoms with Crippen LogP contribution in [-0.2, 0) is 15.1 Å². The molecule has 0 bridgehead atoms. The average molecular weight is 510 g/mol. The minimum atomic E-state index is -0.944. The second-order valence-electron chi connectivity index (χ2n) is 10.4. The zero-order chi connectivity index (χ0) is 27.4. The zero-order valence-electron chi connectivity index (χ0n) is 22.2. The lowest BCUT2D eigenvalue weighted by Gasteiger charge is -2.39. The van der Waals surface area contributed by atoms with E-state index < -0.39 is 23.1 Å². The number of nitriles is 1. The van der Waals surface area contributed by atoms with Crippen LogP contribution in [0, 0.1) is 17.1 Å². The lowest BCUT2D eigenvalue weighted by atomic mass is 9.89. The third kappa shape index (κ3) is 6.20. The van der Waals surface area contributed by atoms with Crippen LogP contribution in [0.1, 0.15) is 65.0 Å². The van der Waals surface area contributed by atoms with E-state index in [0.717, 1.165) is 32.4 Å². The molecule has 2 aliphatic rings. The van der Waals surface area contributed by atoms with E-state index in [1.165, 1.54) is 17.0 Å². The Morgan fingerprint density at radius 3 is 2.38 bits per heavy atom. The van der Waals surface area contributed by atoms with Crippen molar-refractivity contribution in [1.29, 1.82) is 5.26 Å². The van der Waals surface area contributed by atoms with E-state index in [2.05, 4.69) is 10.2 Å². The molecule has 2 aromatic rings. The normalized spacial score (nSPS) is 19.1. The van der Waals surface area contributed by atoms with Gasteiger partial charge in [0.1, 0.15) is 17.0 Å². The maximum Gasteiger partial charge on any atom is 0.414 e. The number of piperidine rings is 1. The zero-order valence-corrected chi connectivity index (χ0v) is 22.2. The largest absolute Gasteiger partial charge is 0.443 e. The lowest BCUT2D eigenvalue weighted by Crippen LogP contribution is -2.50. The van der Waals surface area contributed by atoms with Crippen molar-refractivity contribution in [2.45, 2.75) is 65.0 Å². The fraction of sp³-hybridized carbons (Fsp3) is 0.464. The van der Waals surface area contributed by atoms with Crippen molar-refractivity contribution in [1.82, 2.24) is 4.90 Å². The van der Waals surface area contributed by atoms with Gasteiger partial charge in [-0.1, -0.05) is 6.42 Å². The molecule has 1 unspecified atom stereocenters. The number of halogens is 1. The molecule has 9 heteroatoms. The third-order valence-corrected chi connectivity index (χ3v) is 6.54. The van der Waals surface area contributed by atoms with Crippen LogP contribution in [0.25, 0.3) is 0 Å². The van der Waals surface area contributed by atoms with Crippen LogP contribution < -0.4 is 16.0 Å². The minimum Gasteiger partial charge on any atom is -0.443 e. The molecule has 198 valence electrons. The highest BCUT2D eigenvalue weighted by atomic mass is 19.1. The number of rotatable bonds is 3. The van der Waals surface area contributed by atoms with Crippen LogP contribution in [0.2, 0.25) is 0 Å². The average Bonchev–Trinajstić information content (AvgIpc) is 3.11. The van der Waals surface area contributed by atoms with E-state index in [-0.39, 0.29) is 5.91 Å². The van der Waals surface area contributed by atoms with Gasteiger partial charge in [-0.2, -0.15) is 5.26 Å². The fourth-order valence-electron chi connectivity index (χ4n) is 4.61. The van der Waals surface area contributed by atoms with Crippen molar-refractivity contribution in [3.63, 3.8) is 0 Å². The van der Waals surface area contributed by atoms with E-state index in [0.29, 0.717) is 34.7 Å². The summed E-state index contributed by atoms with van der Waals surface area (Å²) in [5.41, 5.74) is 6.49. The first-order valence-corrected chi connectivity index (χ1v) is 12.6. The third-order valence-electron chi connectivity index (χ3n) is 6.54. The Morgan fingerprint density at radius 1 is 1.22 bits per heavy atom. The van der Waals surface area contributed by atoms with Gasteiger partial charge in [0.05, 0.1) is 23.0 Å². The molecule has 0 spiro atoms. The van der Waals surface area contributed by atoms with E-state index in [4.69, 9.17) is 15.7 Å². The topological polar surface area (TPSA) is 112 Å². The van der Waals surface area contributed by atoms with Crippen molar-refractivity contribution < 1.29 is 18.7 Å². The second-order valence-corrected chi connectivity index (χ2v) is 10.4. The first kappa shape index (κ1) is 27.9. The van der Waals surface area contributed by atoms with Crippen LogP contribution in [0.3, 0.4) is 0 Å². The molecule has 0 aromatic heterocycles. The maximum absolute atomic E-state index is 14.6. The summed E-state index contributed by atoms with van der Waals surface area (Å²) in [5, 5.41) is 11.3. The molecule has 2 aromatic carbocycles. The van der Waals surface area contributed by atoms with Gasteiger partial charge in [0.25, 0.3) is 0 Å². The van der Waals surface area contributed by atoms with Gasteiger partial charge >= 0.3 is 6.09 Å². The first-order valence-electron chi connectivity index (χ1n) is 12.6. The summed E-state index contributed by atoms with van der Waals surface area (Å²) in [7, 11) is 0. The first-order chi connectivity index (χ1) is 17.4. The molecular formula is C28H36FN5O3. The van der Waals surface area contributed by atoms with E-state index >= 15 is 0 Å². The molecule has 3 N–H and O–H groups in total. The lowest BCUT2D eigenvalue weighted by molar-refractivity contribution is -0.127. The summed E-state index contributed by atoms with van der Waals surface area (Å²) >= 11 is 0. The predicted octanol–water partition coefficient (Wildman–Crippen LogP) is 5.38. The van der Waals surface area contributed by atoms with Gasteiger partial charge in [-0.25, -0.2) is 9.18 Å². The van der Waals surface area contributed by atoms with Gasteiger partial charge in [-0.15, -0.1) is 0 Å². The molecule has 1 saturated heterocycles. The molecule has 1 fully saturated rings. The van der Waals surface area contributed by atoms with Crippen molar-refractivity contribution in [2.24, 2.45) is 0 Å². The van der Waals surface area contributed by atoms with Gasteiger partial charge in [0.2, 0.25) is 5.91 Å². The number of carbonyl (C=O) groups excluding carboxylic acids is 2. The molecule has 8 nitrogen and oxygen atoms in total. The van der Waals surface area contributed by atoms with Crippen molar-refractivity contribution in [3.05, 3.63) is 53.3 Å². The summed E-state index contributed by atoms with van der Waals surface area (Å²) in [4.78, 5) is 29.2. The number of nitrogens with two attached hydrogens (primary N) is 1. The van der Waals surface area contributed by atoms with E-state index in [1.807, 2.05) is 13.0 Å². The Labute approximate surface area is 218 Å². The van der Waals surface area contributed by atoms with Gasteiger partial charge in [0, 0.05) is 17.8 Å². The Hall–Kier alpha value is -3.64. The van der Waals surface area contributed by atoms with Crippen molar-refractivity contribution in [2.75, 3.05) is 35.6 Å². The second kappa shape index (κ2) is 11.2. The number of anilines is 3. The summed E-state index contributed by atoms with van der Waals surface area (Å²) in [5.74, 6) is -0.660. The highest BCUT2D eigenvalue weighted by Crippen LogP contribution is 2.46. The number of amides is 2. The Morgan fingerprint density at radius 2 is 1.84 bits per heavy atom. The molecule has 2 heterocycles. The number of fused-ring (bicyclic) bond motifs is 1. The fourth-order valence-corrected chi connectivity index (χ4v) is 4.61. The van der Waals surface area contributed by atoms with Gasteiger partial charge < -0.3 is 15.8 Å². The number of benzene rings is 2. The van der Waals surface area contributed by atoms with Crippen LogP contribution in [0.4, 0.5) is 26.2 Å². The minimum absolute atomic E-state index is 0.184. The van der Waals surface area contributed by atoms with Crippen LogP contribution >= 0.6 is 0 Å². The molecule has 0 aliphatic carbocycles. The van der Waals surface area contributed by atoms with Gasteiger partial charge in [-0.05, 0) is 96.9 Å². The Kier molecular flexibility index (Phi) is 8.44. The molecule has 4 rings (SSSR count). The monoisotopic (exact) mass is 509 g/mol. The van der Waals surface area contributed by atoms with E-state index in [1.54, 1.807) is 52.0 Å². The number of ether oxygens (including phenoxy) is 1. The molecule has 0 saturated carbocycles. The molecule has 37 heavy (non-hydrogen) atoms. The number of nitrogen functional groups attached to an aromatic ring is 1. The smallest absolute Gasteiger partial charge is 0.414 e. The molecule has 1 atom stereocenters. The Bertz CT molecular complexity index is 1180. The number of nitrogens with zero attached hydrogens (tertiary/aromatic N) is 3. The highest BCUT2D eigenvalue weighted by Gasteiger charge is 2.49. The Balaban J connectivity index is 0.000000356. The van der Waals surface area contributed by atoms with Crippen molar-refractivity contribution >= 4 is 29.1 Å². The number of hydrogen-bond donors (Lipinski definition) is 2. The number of hydrogen-bond acceptors (Lipinski definition) is 6. The van der Waals surface area contributed by atoms with E-state index in [9.17, 15) is 14.0 Å². The highest BCUT2D eigenvalue weighted by molar-refractivity contribution is 6.10. The van der Waals surface area contributed by atoms with Crippen LogP contribution in [-0.4, -0.2) is 42.1 Å². The van der Waals surface area contributed by atoms with Gasteiger partial charge in [0.15, 0.2) is 0 Å². The standard InChI is InChI=1S/C21H30FN3O3.C7H6N2/c1-6-25(19(27)28-20(2,3)4)16-13-14(22)12-15-17(16)23-18(26)21(15,5)24-10-8-7-9-11-24;8-5-6-1-3-7(9)4-2-6/h12-13H,6-11H2,1-5H3,(H,23,26);1-4H,9H2. The number of nitrogens with one attached hydrogen (secondary N) is 1. The molecule has 2 amide bonds. The van der Waals surface area contributed by atoms with Crippen molar-refractivity contribution in [3.8, 4) is 6.07 Å². The van der Waals surface area contributed by atoms with Gasteiger partial charge in [-0.3, -0.25) is 14.6 Å². The summed E-state index contributed by atoms with van der Waals surface area (Å²) in [6, 6.07) is 11.5. The number of likely N-dealkylation sites (tertiary alicyclic amines) is 1. The molecule has 2 aliphatic heterocycles. The summed E-state index contributed by atoms with van der Waals surface area (Å²) in [6.07, 6.45) is 2.60. The summed E-state index contributed by atoms with van der Waals surface area (Å²) < 4.78 is 20.1. The van der Waals surface area contributed by atoms with Crippen LogP contribution in [0.5, 0.6) is 0 Å². The molecule has 0 radical (unpaired) electrons. The maximum atomic E-state index is 14.6. The number of carbonyl (C=O) groups is 2. The quantitative estimate of drug-likeness (QED) is 0.537.